The first kappa shape index (κ1) is 20.5. The molecule has 0 saturated heterocycles. The molecule has 2 rings (SSSR count). The molecule has 1 atom stereocenters. The molecule has 0 fully saturated rings. The number of aliphatic hydroxyl groups is 1. The lowest BCUT2D eigenvalue weighted by atomic mass is 10.0. The van der Waals surface area contributed by atoms with Crippen molar-refractivity contribution in [2.45, 2.75) is 25.9 Å². The van der Waals surface area contributed by atoms with Gasteiger partial charge in [0.25, 0.3) is 0 Å². The molecule has 0 aromatic heterocycles. The normalized spacial score (nSPS) is 11.6. The summed E-state index contributed by atoms with van der Waals surface area (Å²) in [5.41, 5.74) is 2.27. The molecule has 0 bridgehead atoms. The number of methoxy groups -OCH3 is 2. The molecule has 6 heteroatoms. The van der Waals surface area contributed by atoms with Crippen LogP contribution in [0.5, 0.6) is 11.5 Å². The van der Waals surface area contributed by atoms with Crippen LogP contribution in [0.3, 0.4) is 0 Å². The largest absolute Gasteiger partial charge is 0.493 e. The quantitative estimate of drug-likeness (QED) is 0.662. The lowest BCUT2D eigenvalue weighted by Gasteiger charge is -2.15. The molecule has 1 amide bonds. The molecule has 27 heavy (non-hydrogen) atoms. The third-order valence-corrected chi connectivity index (χ3v) is 4.24. The molecule has 6 nitrogen and oxygen atoms in total. The Morgan fingerprint density at radius 3 is 2.30 bits per heavy atom. The molecule has 0 saturated carbocycles. The van der Waals surface area contributed by atoms with Crippen LogP contribution in [0, 0.1) is 6.92 Å². The van der Waals surface area contributed by atoms with Crippen LogP contribution in [0.1, 0.15) is 40.4 Å². The number of ketones is 1. The molecule has 0 aliphatic rings. The van der Waals surface area contributed by atoms with Crippen molar-refractivity contribution >= 4 is 11.7 Å². The van der Waals surface area contributed by atoms with Crippen molar-refractivity contribution in [1.29, 1.82) is 0 Å². The maximum atomic E-state index is 12.1. The van der Waals surface area contributed by atoms with Gasteiger partial charge in [0.05, 0.1) is 20.3 Å². The number of aryl methyl sites for hydroxylation is 1. The molecule has 0 aliphatic carbocycles. The fraction of sp³-hybridized carbons (Fsp3) is 0.333. The van der Waals surface area contributed by atoms with E-state index in [1.54, 1.807) is 30.3 Å². The van der Waals surface area contributed by atoms with Crippen LogP contribution in [0.4, 0.5) is 0 Å². The van der Waals surface area contributed by atoms with Crippen LogP contribution in [0.2, 0.25) is 0 Å². The van der Waals surface area contributed by atoms with E-state index in [1.807, 2.05) is 19.1 Å². The summed E-state index contributed by atoms with van der Waals surface area (Å²) in [7, 11) is 3.05. The molecule has 2 aromatic rings. The lowest BCUT2D eigenvalue weighted by Crippen LogP contribution is -2.28. The van der Waals surface area contributed by atoms with Gasteiger partial charge in [0.1, 0.15) is 0 Å². The van der Waals surface area contributed by atoms with Crippen LogP contribution in [0.25, 0.3) is 0 Å². The number of carbonyl (C=O) groups excluding carboxylic acids is 2. The summed E-state index contributed by atoms with van der Waals surface area (Å²) in [6.07, 6.45) is -0.686. The van der Waals surface area contributed by atoms with Crippen LogP contribution < -0.4 is 14.8 Å². The zero-order valence-electron chi connectivity index (χ0n) is 15.8. The molecular weight excluding hydrogens is 346 g/mol. The number of aliphatic hydroxyl groups excluding tert-OH is 1. The molecule has 1 unspecified atom stereocenters. The SMILES string of the molecule is COc1ccc(C(O)CNC(=O)CCC(=O)c2ccc(C)cc2)cc1OC. The predicted molar refractivity (Wildman–Crippen MR) is 102 cm³/mol. The zero-order chi connectivity index (χ0) is 19.8. The minimum Gasteiger partial charge on any atom is -0.493 e. The van der Waals surface area contributed by atoms with Crippen LogP contribution >= 0.6 is 0 Å². The highest BCUT2D eigenvalue weighted by atomic mass is 16.5. The standard InChI is InChI=1S/C21H25NO5/c1-14-4-6-15(7-5-14)17(23)9-11-21(25)22-13-18(24)16-8-10-19(26-2)20(12-16)27-3/h4-8,10,12,18,24H,9,11,13H2,1-3H3,(H,22,25). The number of amides is 1. The maximum absolute atomic E-state index is 12.1. The fourth-order valence-electron chi connectivity index (χ4n) is 2.59. The number of ether oxygens (including phenoxy) is 2. The molecule has 0 aliphatic heterocycles. The van der Waals surface area contributed by atoms with Gasteiger partial charge in [-0.05, 0) is 24.6 Å². The van der Waals surface area contributed by atoms with Crippen molar-refractivity contribution in [2.75, 3.05) is 20.8 Å². The number of nitrogens with one attached hydrogen (secondary N) is 1. The summed E-state index contributed by atoms with van der Waals surface area (Å²) in [4.78, 5) is 24.1. The molecule has 0 spiro atoms. The zero-order valence-corrected chi connectivity index (χ0v) is 15.8. The third kappa shape index (κ3) is 5.82. The highest BCUT2D eigenvalue weighted by molar-refractivity contribution is 5.97. The summed E-state index contributed by atoms with van der Waals surface area (Å²) in [5, 5.41) is 12.9. The van der Waals surface area contributed by atoms with Gasteiger partial charge in [-0.2, -0.15) is 0 Å². The first-order chi connectivity index (χ1) is 12.9. The summed E-state index contributed by atoms with van der Waals surface area (Å²) in [6, 6.07) is 12.3. The summed E-state index contributed by atoms with van der Waals surface area (Å²) in [6.45, 7) is 2.00. The van der Waals surface area contributed by atoms with Crippen molar-refractivity contribution in [3.05, 3.63) is 59.2 Å². The van der Waals surface area contributed by atoms with Gasteiger partial charge in [0.15, 0.2) is 17.3 Å². The van der Waals surface area contributed by atoms with E-state index >= 15 is 0 Å². The van der Waals surface area contributed by atoms with Gasteiger partial charge < -0.3 is 19.9 Å². The van der Waals surface area contributed by atoms with Gasteiger partial charge in [0.2, 0.25) is 5.91 Å². The second kappa shape index (κ2) is 9.73. The van der Waals surface area contributed by atoms with E-state index in [1.165, 1.54) is 14.2 Å². The van der Waals surface area contributed by atoms with Crippen LogP contribution in [0.15, 0.2) is 42.5 Å². The Morgan fingerprint density at radius 1 is 1.00 bits per heavy atom. The van der Waals surface area contributed by atoms with Crippen molar-refractivity contribution in [2.24, 2.45) is 0 Å². The number of hydrogen-bond donors (Lipinski definition) is 2. The van der Waals surface area contributed by atoms with E-state index in [0.29, 0.717) is 22.6 Å². The lowest BCUT2D eigenvalue weighted by molar-refractivity contribution is -0.121. The molecule has 144 valence electrons. The summed E-state index contributed by atoms with van der Waals surface area (Å²) < 4.78 is 10.4. The Bertz CT molecular complexity index is 786. The van der Waals surface area contributed by atoms with E-state index in [2.05, 4.69) is 5.32 Å². The third-order valence-electron chi connectivity index (χ3n) is 4.24. The minimum atomic E-state index is -0.887. The molecule has 2 N–H and O–H groups in total. The summed E-state index contributed by atoms with van der Waals surface area (Å²) >= 11 is 0. The number of rotatable bonds is 9. The maximum Gasteiger partial charge on any atom is 0.220 e. The van der Waals surface area contributed by atoms with Gasteiger partial charge in [-0.3, -0.25) is 9.59 Å². The number of carbonyl (C=O) groups is 2. The first-order valence-electron chi connectivity index (χ1n) is 8.71. The molecule has 0 radical (unpaired) electrons. The van der Waals surface area contributed by atoms with E-state index in [4.69, 9.17) is 9.47 Å². The Labute approximate surface area is 159 Å². The Balaban J connectivity index is 1.82. The van der Waals surface area contributed by atoms with E-state index in [9.17, 15) is 14.7 Å². The van der Waals surface area contributed by atoms with Gasteiger partial charge >= 0.3 is 0 Å². The average Bonchev–Trinajstić information content (AvgIpc) is 2.70. The first-order valence-corrected chi connectivity index (χ1v) is 8.71. The number of hydrogen-bond acceptors (Lipinski definition) is 5. The van der Waals surface area contributed by atoms with Crippen molar-refractivity contribution in [3.63, 3.8) is 0 Å². The van der Waals surface area contributed by atoms with Gasteiger partial charge in [0, 0.05) is 24.9 Å². The smallest absolute Gasteiger partial charge is 0.220 e. The van der Waals surface area contributed by atoms with Crippen LogP contribution in [-0.4, -0.2) is 37.6 Å². The minimum absolute atomic E-state index is 0.0486. The number of benzene rings is 2. The topological polar surface area (TPSA) is 84.9 Å². The highest BCUT2D eigenvalue weighted by Crippen LogP contribution is 2.29. The van der Waals surface area contributed by atoms with Gasteiger partial charge in [-0.15, -0.1) is 0 Å². The van der Waals surface area contributed by atoms with Crippen molar-refractivity contribution in [1.82, 2.24) is 5.32 Å². The van der Waals surface area contributed by atoms with E-state index < -0.39 is 6.10 Å². The fourth-order valence-corrected chi connectivity index (χ4v) is 2.59. The average molecular weight is 371 g/mol. The van der Waals surface area contributed by atoms with Gasteiger partial charge in [-0.1, -0.05) is 35.9 Å². The summed E-state index contributed by atoms with van der Waals surface area (Å²) in [5.74, 6) is 0.705. The second-order valence-corrected chi connectivity index (χ2v) is 6.22. The predicted octanol–water partition coefficient (Wildman–Crippen LogP) is 2.82. The number of Topliss-reactive ketones (excluding diaryl/α,β-unsaturated/α-hetero) is 1. The second-order valence-electron chi connectivity index (χ2n) is 6.22. The van der Waals surface area contributed by atoms with Crippen molar-refractivity contribution in [3.8, 4) is 11.5 Å². The molecular formula is C21H25NO5. The monoisotopic (exact) mass is 371 g/mol. The molecule has 0 heterocycles. The van der Waals surface area contributed by atoms with Gasteiger partial charge in [-0.25, -0.2) is 0 Å². The Morgan fingerprint density at radius 2 is 1.67 bits per heavy atom. The Kier molecular flexibility index (Phi) is 7.37. The van der Waals surface area contributed by atoms with Crippen molar-refractivity contribution < 1.29 is 24.2 Å². The Hall–Kier alpha value is -2.86. The van der Waals surface area contributed by atoms with Crippen LogP contribution in [-0.2, 0) is 4.79 Å². The van der Waals surface area contributed by atoms with E-state index in [0.717, 1.165) is 5.56 Å². The highest BCUT2D eigenvalue weighted by Gasteiger charge is 2.14. The molecule has 2 aromatic carbocycles. The van der Waals surface area contributed by atoms with E-state index in [-0.39, 0.29) is 31.1 Å².